The number of anilines is 1. The van der Waals surface area contributed by atoms with Gasteiger partial charge in [-0.15, -0.1) is 0 Å². The van der Waals surface area contributed by atoms with Crippen LogP contribution in [0.5, 0.6) is 0 Å². The molecule has 0 radical (unpaired) electrons. The monoisotopic (exact) mass is 371 g/mol. The molecule has 2 N–H and O–H groups in total. The van der Waals surface area contributed by atoms with Crippen molar-refractivity contribution in [1.82, 2.24) is 10.6 Å². The lowest BCUT2D eigenvalue weighted by atomic mass is 10.2. The molecule has 134 valence electrons. The maximum atomic E-state index is 12.4. The zero-order valence-electron chi connectivity index (χ0n) is 13.9. The molecule has 0 bridgehead atoms. The number of rotatable bonds is 6. The van der Waals surface area contributed by atoms with E-state index in [9.17, 15) is 14.4 Å². The molecule has 0 saturated carbocycles. The second-order valence-electron chi connectivity index (χ2n) is 5.88. The summed E-state index contributed by atoms with van der Waals surface area (Å²) in [5, 5.41) is 6.35. The van der Waals surface area contributed by atoms with Gasteiger partial charge in [0.15, 0.2) is 0 Å². The SMILES string of the molecule is O=C(NCCNC1CC(=O)N(c2ccccc2)C1=O)c1ccc(Cl)cc1. The number of nitrogens with zero attached hydrogens (tertiary/aromatic N) is 1. The summed E-state index contributed by atoms with van der Waals surface area (Å²) in [7, 11) is 0. The maximum Gasteiger partial charge on any atom is 0.251 e. The molecule has 1 aliphatic rings. The number of hydrogen-bond acceptors (Lipinski definition) is 4. The fraction of sp³-hybridized carbons (Fsp3) is 0.211. The standard InChI is InChI=1S/C19H18ClN3O3/c20-14-8-6-13(7-9-14)18(25)22-11-10-21-16-12-17(24)23(19(16)26)15-4-2-1-3-5-15/h1-9,16,21H,10-12H2,(H,22,25). The number of benzene rings is 2. The van der Waals surface area contributed by atoms with Crippen molar-refractivity contribution in [3.05, 3.63) is 65.2 Å². The Morgan fingerprint density at radius 1 is 1.04 bits per heavy atom. The molecule has 7 heteroatoms. The molecule has 2 aromatic carbocycles. The number of carbonyl (C=O) groups excluding carboxylic acids is 3. The van der Waals surface area contributed by atoms with Crippen molar-refractivity contribution < 1.29 is 14.4 Å². The largest absolute Gasteiger partial charge is 0.351 e. The lowest BCUT2D eigenvalue weighted by molar-refractivity contribution is -0.121. The molecule has 1 fully saturated rings. The minimum absolute atomic E-state index is 0.110. The molecule has 26 heavy (non-hydrogen) atoms. The van der Waals surface area contributed by atoms with Crippen LogP contribution in [0.1, 0.15) is 16.8 Å². The van der Waals surface area contributed by atoms with Gasteiger partial charge in [-0.3, -0.25) is 14.4 Å². The van der Waals surface area contributed by atoms with Crippen LogP contribution in [0.4, 0.5) is 5.69 Å². The van der Waals surface area contributed by atoms with Crippen molar-refractivity contribution in [2.24, 2.45) is 0 Å². The number of nitrogens with one attached hydrogen (secondary N) is 2. The first-order chi connectivity index (χ1) is 12.6. The van der Waals surface area contributed by atoms with E-state index in [-0.39, 0.29) is 24.1 Å². The first-order valence-electron chi connectivity index (χ1n) is 8.25. The molecule has 6 nitrogen and oxygen atoms in total. The van der Waals surface area contributed by atoms with Gasteiger partial charge in [-0.25, -0.2) is 4.90 Å². The topological polar surface area (TPSA) is 78.5 Å². The first-order valence-corrected chi connectivity index (χ1v) is 8.63. The molecule has 1 saturated heterocycles. The Hall–Kier alpha value is -2.70. The summed E-state index contributed by atoms with van der Waals surface area (Å²) >= 11 is 5.79. The summed E-state index contributed by atoms with van der Waals surface area (Å²) in [6.07, 6.45) is 0.110. The van der Waals surface area contributed by atoms with Crippen LogP contribution in [-0.4, -0.2) is 36.9 Å². The van der Waals surface area contributed by atoms with Crippen LogP contribution in [0.25, 0.3) is 0 Å². The molecule has 1 unspecified atom stereocenters. The van der Waals surface area contributed by atoms with Crippen molar-refractivity contribution in [3.8, 4) is 0 Å². The van der Waals surface area contributed by atoms with Crippen LogP contribution in [0, 0.1) is 0 Å². The Labute approximate surface area is 156 Å². The van der Waals surface area contributed by atoms with Gasteiger partial charge in [0, 0.05) is 23.7 Å². The zero-order valence-corrected chi connectivity index (χ0v) is 14.7. The summed E-state index contributed by atoms with van der Waals surface area (Å²) in [6.45, 7) is 0.719. The van der Waals surface area contributed by atoms with Gasteiger partial charge in [0.05, 0.1) is 18.2 Å². The van der Waals surface area contributed by atoms with Crippen molar-refractivity contribution >= 4 is 35.0 Å². The lowest BCUT2D eigenvalue weighted by Crippen LogP contribution is -2.42. The van der Waals surface area contributed by atoms with Gasteiger partial charge in [-0.05, 0) is 36.4 Å². The number of imide groups is 1. The lowest BCUT2D eigenvalue weighted by Gasteiger charge is -2.15. The van der Waals surface area contributed by atoms with E-state index >= 15 is 0 Å². The van der Waals surface area contributed by atoms with Gasteiger partial charge in [-0.1, -0.05) is 29.8 Å². The minimum atomic E-state index is -0.574. The third kappa shape index (κ3) is 4.09. The first kappa shape index (κ1) is 18.1. The average Bonchev–Trinajstić information content (AvgIpc) is 2.93. The van der Waals surface area contributed by atoms with E-state index in [4.69, 9.17) is 11.6 Å². The fourth-order valence-corrected chi connectivity index (χ4v) is 2.89. The van der Waals surface area contributed by atoms with Crippen LogP contribution >= 0.6 is 11.6 Å². The Balaban J connectivity index is 1.48. The van der Waals surface area contributed by atoms with E-state index in [1.54, 1.807) is 48.5 Å². The number of para-hydroxylation sites is 1. The Morgan fingerprint density at radius 2 is 1.73 bits per heavy atom. The molecule has 2 aromatic rings. The van der Waals surface area contributed by atoms with Crippen LogP contribution in [0.15, 0.2) is 54.6 Å². The molecule has 0 aliphatic carbocycles. The summed E-state index contributed by atoms with van der Waals surface area (Å²) in [6, 6.07) is 14.8. The van der Waals surface area contributed by atoms with Gasteiger partial charge in [0.1, 0.15) is 0 Å². The van der Waals surface area contributed by atoms with Gasteiger partial charge in [0.25, 0.3) is 11.8 Å². The number of carbonyl (C=O) groups is 3. The Kier molecular flexibility index (Phi) is 5.65. The number of hydrogen-bond donors (Lipinski definition) is 2. The second-order valence-corrected chi connectivity index (χ2v) is 6.31. The highest BCUT2D eigenvalue weighted by atomic mass is 35.5. The van der Waals surface area contributed by atoms with Crippen LogP contribution in [0.3, 0.4) is 0 Å². The number of amides is 3. The number of halogens is 1. The minimum Gasteiger partial charge on any atom is -0.351 e. The molecule has 3 amide bonds. The average molecular weight is 372 g/mol. The van der Waals surface area contributed by atoms with E-state index in [0.29, 0.717) is 29.4 Å². The summed E-state index contributed by atoms with van der Waals surface area (Å²) in [5.41, 5.74) is 1.08. The molecule has 3 rings (SSSR count). The van der Waals surface area contributed by atoms with Crippen LogP contribution < -0.4 is 15.5 Å². The predicted octanol–water partition coefficient (Wildman–Crippen LogP) is 1.99. The molecule has 0 aromatic heterocycles. The van der Waals surface area contributed by atoms with Crippen LogP contribution in [0.2, 0.25) is 5.02 Å². The summed E-state index contributed by atoms with van der Waals surface area (Å²) in [5.74, 6) is -0.725. The molecule has 0 spiro atoms. The molecular weight excluding hydrogens is 354 g/mol. The van der Waals surface area contributed by atoms with Crippen molar-refractivity contribution in [2.75, 3.05) is 18.0 Å². The van der Waals surface area contributed by atoms with E-state index in [2.05, 4.69) is 10.6 Å². The van der Waals surface area contributed by atoms with Crippen molar-refractivity contribution in [2.45, 2.75) is 12.5 Å². The van der Waals surface area contributed by atoms with Gasteiger partial charge in [0.2, 0.25) is 5.91 Å². The highest BCUT2D eigenvalue weighted by molar-refractivity contribution is 6.30. The van der Waals surface area contributed by atoms with Crippen molar-refractivity contribution in [3.63, 3.8) is 0 Å². The van der Waals surface area contributed by atoms with Crippen LogP contribution in [-0.2, 0) is 9.59 Å². The Bertz CT molecular complexity index is 809. The van der Waals surface area contributed by atoms with Crippen molar-refractivity contribution in [1.29, 1.82) is 0 Å². The summed E-state index contributed by atoms with van der Waals surface area (Å²) in [4.78, 5) is 37.8. The highest BCUT2D eigenvalue weighted by Crippen LogP contribution is 2.22. The smallest absolute Gasteiger partial charge is 0.251 e. The quantitative estimate of drug-likeness (QED) is 0.601. The predicted molar refractivity (Wildman–Crippen MR) is 99.1 cm³/mol. The normalized spacial score (nSPS) is 16.8. The van der Waals surface area contributed by atoms with Gasteiger partial charge in [-0.2, -0.15) is 0 Å². The van der Waals surface area contributed by atoms with Gasteiger partial charge < -0.3 is 10.6 Å². The van der Waals surface area contributed by atoms with E-state index in [1.165, 1.54) is 4.90 Å². The molecular formula is C19H18ClN3O3. The van der Waals surface area contributed by atoms with E-state index in [0.717, 1.165) is 0 Å². The van der Waals surface area contributed by atoms with Gasteiger partial charge >= 0.3 is 0 Å². The fourth-order valence-electron chi connectivity index (χ4n) is 2.77. The summed E-state index contributed by atoms with van der Waals surface area (Å²) < 4.78 is 0. The van der Waals surface area contributed by atoms with E-state index < -0.39 is 6.04 Å². The van der Waals surface area contributed by atoms with E-state index in [1.807, 2.05) is 6.07 Å². The highest BCUT2D eigenvalue weighted by Gasteiger charge is 2.38. The molecule has 1 heterocycles. The third-order valence-electron chi connectivity index (χ3n) is 4.07. The molecule has 1 atom stereocenters. The third-order valence-corrected chi connectivity index (χ3v) is 4.32. The molecule has 1 aliphatic heterocycles. The Morgan fingerprint density at radius 3 is 2.42 bits per heavy atom. The zero-order chi connectivity index (χ0) is 18.5. The second kappa shape index (κ2) is 8.12. The maximum absolute atomic E-state index is 12.4.